The molecule has 4 nitrogen and oxygen atoms in total. The van der Waals surface area contributed by atoms with Crippen LogP contribution >= 0.6 is 11.3 Å². The van der Waals surface area contributed by atoms with E-state index in [1.54, 1.807) is 11.3 Å². The summed E-state index contributed by atoms with van der Waals surface area (Å²) in [5, 5.41) is 5.24. The van der Waals surface area contributed by atoms with E-state index in [4.69, 9.17) is 0 Å². The number of carbonyl (C=O) groups excluding carboxylic acids is 2. The molecule has 1 aromatic heterocycles. The van der Waals surface area contributed by atoms with Gasteiger partial charge in [0.1, 0.15) is 0 Å². The van der Waals surface area contributed by atoms with Crippen LogP contribution in [-0.4, -0.2) is 35.8 Å². The summed E-state index contributed by atoms with van der Waals surface area (Å²) >= 11 is 1.74. The Labute approximate surface area is 170 Å². The Hall–Kier alpha value is -2.14. The number of hydrogen-bond acceptors (Lipinski definition) is 3. The highest BCUT2D eigenvalue weighted by atomic mass is 32.1. The molecular weight excluding hydrogens is 368 g/mol. The van der Waals surface area contributed by atoms with Gasteiger partial charge in [-0.1, -0.05) is 37.3 Å². The number of hydrogen-bond donors (Lipinski definition) is 1. The lowest BCUT2D eigenvalue weighted by Crippen LogP contribution is -2.53. The molecule has 28 heavy (non-hydrogen) atoms. The van der Waals surface area contributed by atoms with Gasteiger partial charge >= 0.3 is 0 Å². The second-order valence-corrected chi connectivity index (χ2v) is 8.81. The lowest BCUT2D eigenvalue weighted by atomic mass is 9.84. The molecule has 2 atom stereocenters. The van der Waals surface area contributed by atoms with E-state index in [0.717, 1.165) is 31.4 Å². The van der Waals surface area contributed by atoms with Crippen LogP contribution in [0, 0.1) is 0 Å². The molecule has 2 aromatic rings. The fraction of sp³-hybridized carbons (Fsp3) is 0.478. The van der Waals surface area contributed by atoms with Gasteiger partial charge in [-0.05, 0) is 43.2 Å². The Bertz CT molecular complexity index is 846. The molecule has 0 unspecified atom stereocenters. The molecule has 5 heteroatoms. The van der Waals surface area contributed by atoms with Gasteiger partial charge in [0.2, 0.25) is 5.91 Å². The minimum absolute atomic E-state index is 0.0398. The molecule has 1 aliphatic heterocycles. The van der Waals surface area contributed by atoms with Crippen molar-refractivity contribution in [1.82, 2.24) is 10.2 Å². The average molecular weight is 397 g/mol. The van der Waals surface area contributed by atoms with E-state index < -0.39 is 0 Å². The SMILES string of the molecule is CCC(=O)N[C@H]1CN(C(=O)c2csc3c2CCCC3)CC[C@H]1c1ccccc1. The van der Waals surface area contributed by atoms with Gasteiger partial charge in [-0.25, -0.2) is 0 Å². The summed E-state index contributed by atoms with van der Waals surface area (Å²) in [5.74, 6) is 0.437. The maximum Gasteiger partial charge on any atom is 0.255 e. The maximum absolute atomic E-state index is 13.3. The van der Waals surface area contributed by atoms with Crippen molar-refractivity contribution in [3.8, 4) is 0 Å². The molecule has 0 radical (unpaired) electrons. The third kappa shape index (κ3) is 3.86. The normalized spacial score (nSPS) is 21.8. The molecular formula is C23H28N2O2S. The third-order valence-corrected chi connectivity index (χ3v) is 7.18. The molecule has 1 saturated heterocycles. The van der Waals surface area contributed by atoms with Gasteiger partial charge in [-0.3, -0.25) is 9.59 Å². The fourth-order valence-corrected chi connectivity index (χ4v) is 5.65. The highest BCUT2D eigenvalue weighted by Crippen LogP contribution is 2.33. The first-order valence-electron chi connectivity index (χ1n) is 10.4. The summed E-state index contributed by atoms with van der Waals surface area (Å²) in [4.78, 5) is 28.8. The van der Waals surface area contributed by atoms with Crippen LogP contribution in [0.3, 0.4) is 0 Å². The summed E-state index contributed by atoms with van der Waals surface area (Å²) < 4.78 is 0. The number of benzene rings is 1. The van der Waals surface area contributed by atoms with Crippen LogP contribution in [0.5, 0.6) is 0 Å². The third-order valence-electron chi connectivity index (χ3n) is 6.09. The van der Waals surface area contributed by atoms with E-state index in [2.05, 4.69) is 22.8 Å². The number of rotatable bonds is 4. The zero-order valence-electron chi connectivity index (χ0n) is 16.4. The van der Waals surface area contributed by atoms with Crippen molar-refractivity contribution in [2.75, 3.05) is 13.1 Å². The van der Waals surface area contributed by atoms with Gasteiger partial charge in [0.25, 0.3) is 5.91 Å². The van der Waals surface area contributed by atoms with Gasteiger partial charge in [-0.2, -0.15) is 0 Å². The zero-order chi connectivity index (χ0) is 19.5. The number of thiophene rings is 1. The molecule has 2 amide bonds. The monoisotopic (exact) mass is 396 g/mol. The molecule has 0 bridgehead atoms. The molecule has 4 rings (SSSR count). The first-order chi connectivity index (χ1) is 13.7. The van der Waals surface area contributed by atoms with Gasteiger partial charge in [0.05, 0.1) is 11.6 Å². The number of nitrogens with one attached hydrogen (secondary N) is 1. The van der Waals surface area contributed by atoms with Crippen LogP contribution < -0.4 is 5.32 Å². The lowest BCUT2D eigenvalue weighted by Gasteiger charge is -2.39. The van der Waals surface area contributed by atoms with Gasteiger partial charge < -0.3 is 10.2 Å². The zero-order valence-corrected chi connectivity index (χ0v) is 17.3. The topological polar surface area (TPSA) is 49.4 Å². The Balaban J connectivity index is 1.54. The Kier molecular flexibility index (Phi) is 5.81. The predicted molar refractivity (Wildman–Crippen MR) is 113 cm³/mol. The molecule has 1 fully saturated rings. The largest absolute Gasteiger partial charge is 0.351 e. The van der Waals surface area contributed by atoms with E-state index >= 15 is 0 Å². The van der Waals surface area contributed by atoms with Crippen molar-refractivity contribution < 1.29 is 9.59 Å². The Morgan fingerprint density at radius 3 is 2.75 bits per heavy atom. The second kappa shape index (κ2) is 8.48. The molecule has 148 valence electrons. The standard InChI is InChI=1S/C23H28N2O2S/c1-2-22(26)24-20-14-25(13-12-17(20)16-8-4-3-5-9-16)23(27)19-15-28-21-11-7-6-10-18(19)21/h3-5,8-9,15,17,20H,2,6-7,10-14H2,1H3,(H,24,26)/t17-,20-/m0/s1. The van der Waals surface area contributed by atoms with Crippen molar-refractivity contribution in [1.29, 1.82) is 0 Å². The van der Waals surface area contributed by atoms with Crippen LogP contribution in [0.25, 0.3) is 0 Å². The Morgan fingerprint density at radius 1 is 1.18 bits per heavy atom. The number of fused-ring (bicyclic) bond motifs is 1. The van der Waals surface area contributed by atoms with Crippen LogP contribution in [0.4, 0.5) is 0 Å². The first-order valence-corrected chi connectivity index (χ1v) is 11.3. The fourth-order valence-electron chi connectivity index (χ4n) is 4.53. The summed E-state index contributed by atoms with van der Waals surface area (Å²) in [6, 6.07) is 10.3. The van der Waals surface area contributed by atoms with E-state index in [1.807, 2.05) is 30.0 Å². The van der Waals surface area contributed by atoms with E-state index in [-0.39, 0.29) is 23.8 Å². The Morgan fingerprint density at radius 2 is 1.96 bits per heavy atom. The van der Waals surface area contributed by atoms with E-state index in [1.165, 1.54) is 28.8 Å². The van der Waals surface area contributed by atoms with Crippen molar-refractivity contribution in [3.05, 3.63) is 57.3 Å². The number of piperidine rings is 1. The molecule has 1 N–H and O–H groups in total. The number of amides is 2. The summed E-state index contributed by atoms with van der Waals surface area (Å²) in [5.41, 5.74) is 3.42. The van der Waals surface area contributed by atoms with Crippen molar-refractivity contribution in [2.45, 2.75) is 57.4 Å². The highest BCUT2D eigenvalue weighted by Gasteiger charge is 2.34. The highest BCUT2D eigenvalue weighted by molar-refractivity contribution is 7.10. The summed E-state index contributed by atoms with van der Waals surface area (Å²) in [6.07, 6.45) is 5.87. The molecule has 1 aliphatic carbocycles. The minimum atomic E-state index is -0.0398. The van der Waals surface area contributed by atoms with Crippen LogP contribution in [0.1, 0.15) is 64.9 Å². The maximum atomic E-state index is 13.3. The molecule has 2 aliphatic rings. The summed E-state index contributed by atoms with van der Waals surface area (Å²) in [6.45, 7) is 3.19. The van der Waals surface area contributed by atoms with Gasteiger partial charge in [0.15, 0.2) is 0 Å². The lowest BCUT2D eigenvalue weighted by molar-refractivity contribution is -0.122. The molecule has 0 saturated carbocycles. The van der Waals surface area contributed by atoms with Gasteiger partial charge in [-0.15, -0.1) is 11.3 Å². The summed E-state index contributed by atoms with van der Waals surface area (Å²) in [7, 11) is 0. The van der Waals surface area contributed by atoms with Crippen molar-refractivity contribution in [2.24, 2.45) is 0 Å². The second-order valence-electron chi connectivity index (χ2n) is 7.84. The van der Waals surface area contributed by atoms with Crippen molar-refractivity contribution in [3.63, 3.8) is 0 Å². The number of nitrogens with zero attached hydrogens (tertiary/aromatic N) is 1. The van der Waals surface area contributed by atoms with E-state index in [9.17, 15) is 9.59 Å². The predicted octanol–water partition coefficient (Wildman–Crippen LogP) is 4.15. The van der Waals surface area contributed by atoms with Crippen LogP contribution in [0.2, 0.25) is 0 Å². The van der Waals surface area contributed by atoms with Gasteiger partial charge in [0, 0.05) is 35.7 Å². The van der Waals surface area contributed by atoms with Crippen LogP contribution in [0.15, 0.2) is 35.7 Å². The van der Waals surface area contributed by atoms with Crippen molar-refractivity contribution >= 4 is 23.2 Å². The molecule has 2 heterocycles. The first kappa shape index (κ1) is 19.2. The number of likely N-dealkylation sites (tertiary alicyclic amines) is 1. The number of aryl methyl sites for hydroxylation is 1. The number of carbonyl (C=O) groups is 2. The smallest absolute Gasteiger partial charge is 0.255 e. The average Bonchev–Trinajstić information content (AvgIpc) is 3.18. The minimum Gasteiger partial charge on any atom is -0.351 e. The molecule has 0 spiro atoms. The van der Waals surface area contributed by atoms with E-state index in [0.29, 0.717) is 13.0 Å². The molecule has 1 aromatic carbocycles. The van der Waals surface area contributed by atoms with Crippen LogP contribution in [-0.2, 0) is 17.6 Å². The quantitative estimate of drug-likeness (QED) is 0.844.